The lowest BCUT2D eigenvalue weighted by Gasteiger charge is -2.11. The highest BCUT2D eigenvalue weighted by Gasteiger charge is 2.14. The molecular formula is C24H22FN5O3. The van der Waals surface area contributed by atoms with E-state index in [9.17, 15) is 14.3 Å². The van der Waals surface area contributed by atoms with Crippen molar-refractivity contribution in [3.05, 3.63) is 95.8 Å². The molecule has 33 heavy (non-hydrogen) atoms. The van der Waals surface area contributed by atoms with Crippen LogP contribution in [0.1, 0.15) is 21.7 Å². The first-order valence-corrected chi connectivity index (χ1v) is 10.2. The Kier molecular flexibility index (Phi) is 6.49. The highest BCUT2D eigenvalue weighted by molar-refractivity contribution is 6.06. The number of phenols is 1. The fourth-order valence-corrected chi connectivity index (χ4v) is 3.13. The second kappa shape index (κ2) is 9.82. The summed E-state index contributed by atoms with van der Waals surface area (Å²) >= 11 is 0. The maximum Gasteiger partial charge on any atom is 0.259 e. The normalized spacial score (nSPS) is 10.6. The van der Waals surface area contributed by atoms with Crippen LogP contribution in [0.25, 0.3) is 0 Å². The van der Waals surface area contributed by atoms with Gasteiger partial charge in [-0.15, -0.1) is 0 Å². The van der Waals surface area contributed by atoms with Gasteiger partial charge in [-0.3, -0.25) is 14.5 Å². The Bertz CT molecular complexity index is 1260. The van der Waals surface area contributed by atoms with Crippen LogP contribution in [0.15, 0.2) is 73.1 Å². The number of aromatic nitrogens is 3. The molecule has 168 valence electrons. The van der Waals surface area contributed by atoms with Gasteiger partial charge in [0.2, 0.25) is 0 Å². The molecular weight excluding hydrogens is 425 g/mol. The van der Waals surface area contributed by atoms with E-state index in [1.807, 2.05) is 19.2 Å². The third-order valence-electron chi connectivity index (χ3n) is 4.93. The highest BCUT2D eigenvalue weighted by atomic mass is 19.1. The van der Waals surface area contributed by atoms with Crippen molar-refractivity contribution < 1.29 is 19.0 Å². The Labute approximate surface area is 189 Å². The summed E-state index contributed by atoms with van der Waals surface area (Å²) in [5, 5.41) is 20.2. The van der Waals surface area contributed by atoms with Gasteiger partial charge in [0.15, 0.2) is 11.6 Å². The summed E-state index contributed by atoms with van der Waals surface area (Å²) in [4.78, 5) is 16.7. The average molecular weight is 447 g/mol. The number of carbonyl (C=O) groups excluding carboxylic acids is 1. The molecule has 8 nitrogen and oxygen atoms in total. The SMILES string of the molecule is Cn1nccc1CNc1ccc(C(=O)Nc2ccc(OCc3ccccn3)c(F)c2)c(O)c1. The number of nitrogens with one attached hydrogen (secondary N) is 2. The predicted octanol–water partition coefficient (Wildman–Crippen LogP) is 4.10. The molecule has 0 saturated carbocycles. The van der Waals surface area contributed by atoms with Crippen LogP contribution in [0.5, 0.6) is 11.5 Å². The van der Waals surface area contributed by atoms with Gasteiger partial charge in [-0.05, 0) is 42.5 Å². The molecule has 0 radical (unpaired) electrons. The first kappa shape index (κ1) is 21.8. The van der Waals surface area contributed by atoms with Crippen molar-refractivity contribution in [2.24, 2.45) is 7.05 Å². The summed E-state index contributed by atoms with van der Waals surface area (Å²) in [6, 6.07) is 16.0. The lowest BCUT2D eigenvalue weighted by atomic mass is 10.1. The van der Waals surface area contributed by atoms with Crippen LogP contribution in [-0.4, -0.2) is 25.8 Å². The van der Waals surface area contributed by atoms with Gasteiger partial charge in [0, 0.05) is 42.9 Å². The van der Waals surface area contributed by atoms with E-state index in [1.165, 1.54) is 24.3 Å². The minimum atomic E-state index is -0.623. The van der Waals surface area contributed by atoms with E-state index in [0.29, 0.717) is 17.9 Å². The van der Waals surface area contributed by atoms with Crippen molar-refractivity contribution in [1.29, 1.82) is 0 Å². The second-order valence-electron chi connectivity index (χ2n) is 7.24. The molecule has 0 fully saturated rings. The lowest BCUT2D eigenvalue weighted by molar-refractivity contribution is 0.102. The Morgan fingerprint density at radius 1 is 1.09 bits per heavy atom. The minimum absolute atomic E-state index is 0.0466. The largest absolute Gasteiger partial charge is 0.507 e. The zero-order chi connectivity index (χ0) is 23.2. The molecule has 0 atom stereocenters. The number of aryl methyl sites for hydroxylation is 1. The molecule has 2 aromatic heterocycles. The summed E-state index contributed by atoms with van der Waals surface area (Å²) in [5.41, 5.74) is 2.58. The topological polar surface area (TPSA) is 101 Å². The zero-order valence-corrected chi connectivity index (χ0v) is 17.8. The number of rotatable bonds is 8. The highest BCUT2D eigenvalue weighted by Crippen LogP contribution is 2.26. The number of aromatic hydroxyl groups is 1. The van der Waals surface area contributed by atoms with Crippen LogP contribution in [0.4, 0.5) is 15.8 Å². The second-order valence-corrected chi connectivity index (χ2v) is 7.24. The summed E-state index contributed by atoms with van der Waals surface area (Å²) in [7, 11) is 1.84. The van der Waals surface area contributed by atoms with Crippen LogP contribution < -0.4 is 15.4 Å². The van der Waals surface area contributed by atoms with Crippen LogP contribution in [0, 0.1) is 5.82 Å². The van der Waals surface area contributed by atoms with Gasteiger partial charge >= 0.3 is 0 Å². The van der Waals surface area contributed by atoms with Gasteiger partial charge in [0.1, 0.15) is 12.4 Å². The molecule has 4 aromatic rings. The summed E-state index contributed by atoms with van der Waals surface area (Å²) in [5.74, 6) is -1.33. The van der Waals surface area contributed by atoms with Gasteiger partial charge < -0.3 is 20.5 Å². The Morgan fingerprint density at radius 3 is 2.64 bits per heavy atom. The number of hydrogen-bond acceptors (Lipinski definition) is 6. The fourth-order valence-electron chi connectivity index (χ4n) is 3.13. The van der Waals surface area contributed by atoms with E-state index in [-0.39, 0.29) is 29.4 Å². The smallest absolute Gasteiger partial charge is 0.259 e. The number of benzene rings is 2. The first-order chi connectivity index (χ1) is 16.0. The molecule has 0 aliphatic rings. The molecule has 0 aliphatic heterocycles. The summed E-state index contributed by atoms with van der Waals surface area (Å²) < 4.78 is 21.6. The quantitative estimate of drug-likeness (QED) is 0.376. The van der Waals surface area contributed by atoms with Crippen LogP contribution in [0.3, 0.4) is 0 Å². The number of amides is 1. The number of nitrogens with zero attached hydrogens (tertiary/aromatic N) is 3. The number of hydrogen-bond donors (Lipinski definition) is 3. The molecule has 3 N–H and O–H groups in total. The number of carbonyl (C=O) groups is 1. The number of halogens is 1. The predicted molar refractivity (Wildman–Crippen MR) is 122 cm³/mol. The van der Waals surface area contributed by atoms with Crippen molar-refractivity contribution in [2.45, 2.75) is 13.2 Å². The first-order valence-electron chi connectivity index (χ1n) is 10.2. The summed E-state index contributed by atoms with van der Waals surface area (Å²) in [6.45, 7) is 0.633. The number of pyridine rings is 1. The average Bonchev–Trinajstić information content (AvgIpc) is 3.22. The standard InChI is InChI=1S/C24H22FN5O3/c1-30-19(9-11-28-30)14-27-16-5-7-20(22(31)13-16)24(32)29-17-6-8-23(21(25)12-17)33-15-18-4-2-3-10-26-18/h2-13,27,31H,14-15H2,1H3,(H,29,32). The molecule has 2 heterocycles. The van der Waals surface area contributed by atoms with Crippen molar-refractivity contribution in [3.63, 3.8) is 0 Å². The molecule has 0 aliphatic carbocycles. The monoisotopic (exact) mass is 447 g/mol. The molecule has 2 aromatic carbocycles. The molecule has 0 saturated heterocycles. The minimum Gasteiger partial charge on any atom is -0.507 e. The van der Waals surface area contributed by atoms with Gasteiger partial charge in [-0.25, -0.2) is 4.39 Å². The van der Waals surface area contributed by atoms with E-state index in [1.54, 1.807) is 35.3 Å². The van der Waals surface area contributed by atoms with Crippen molar-refractivity contribution in [2.75, 3.05) is 10.6 Å². The van der Waals surface area contributed by atoms with Crippen LogP contribution in [0.2, 0.25) is 0 Å². The van der Waals surface area contributed by atoms with Crippen molar-refractivity contribution in [1.82, 2.24) is 14.8 Å². The van der Waals surface area contributed by atoms with Gasteiger partial charge in [0.25, 0.3) is 5.91 Å². The Balaban J connectivity index is 1.37. The van der Waals surface area contributed by atoms with Crippen molar-refractivity contribution >= 4 is 17.3 Å². The lowest BCUT2D eigenvalue weighted by Crippen LogP contribution is -2.13. The Morgan fingerprint density at radius 2 is 1.94 bits per heavy atom. The number of ether oxygens (including phenoxy) is 1. The van der Waals surface area contributed by atoms with Crippen LogP contribution >= 0.6 is 0 Å². The van der Waals surface area contributed by atoms with Crippen molar-refractivity contribution in [3.8, 4) is 11.5 Å². The third-order valence-corrected chi connectivity index (χ3v) is 4.93. The molecule has 0 unspecified atom stereocenters. The van der Waals surface area contributed by atoms with E-state index in [2.05, 4.69) is 20.7 Å². The summed E-state index contributed by atoms with van der Waals surface area (Å²) in [6.07, 6.45) is 3.33. The molecule has 0 spiro atoms. The van der Waals surface area contributed by atoms with E-state index in [0.717, 1.165) is 11.8 Å². The molecule has 1 amide bonds. The van der Waals surface area contributed by atoms with E-state index in [4.69, 9.17) is 4.74 Å². The van der Waals surface area contributed by atoms with Gasteiger partial charge in [-0.2, -0.15) is 5.10 Å². The zero-order valence-electron chi connectivity index (χ0n) is 17.8. The molecule has 0 bridgehead atoms. The van der Waals surface area contributed by atoms with E-state index >= 15 is 0 Å². The maximum atomic E-state index is 14.4. The van der Waals surface area contributed by atoms with Gasteiger partial charge in [0.05, 0.1) is 23.5 Å². The van der Waals surface area contributed by atoms with E-state index < -0.39 is 11.7 Å². The molecule has 4 rings (SSSR count). The maximum absolute atomic E-state index is 14.4. The number of phenolic OH excluding ortho intramolecular Hbond substituents is 1. The van der Waals surface area contributed by atoms with Crippen LogP contribution in [-0.2, 0) is 20.2 Å². The Hall–Kier alpha value is -4.40. The number of anilines is 2. The third kappa shape index (κ3) is 5.45. The molecule has 9 heteroatoms. The fraction of sp³-hybridized carbons (Fsp3) is 0.125. The van der Waals surface area contributed by atoms with Gasteiger partial charge in [-0.1, -0.05) is 6.07 Å².